The van der Waals surface area contributed by atoms with Gasteiger partial charge in [-0.1, -0.05) is 42.5 Å². The van der Waals surface area contributed by atoms with Crippen LogP contribution in [0.1, 0.15) is 24.0 Å². The molecular formula is C19H24N2O2S. The maximum atomic E-state index is 12.1. The molecule has 0 amide bonds. The average molecular weight is 344 g/mol. The molecule has 1 aliphatic rings. The van der Waals surface area contributed by atoms with Crippen LogP contribution in [0.15, 0.2) is 54.6 Å². The van der Waals surface area contributed by atoms with Crippen molar-refractivity contribution in [3.8, 4) is 0 Å². The van der Waals surface area contributed by atoms with E-state index in [-0.39, 0.29) is 5.75 Å². The average Bonchev–Trinajstić information content (AvgIpc) is 3.15. The predicted molar refractivity (Wildman–Crippen MR) is 98.7 cm³/mol. The molecule has 4 nitrogen and oxygen atoms in total. The zero-order valence-electron chi connectivity index (χ0n) is 13.8. The molecular weight excluding hydrogens is 320 g/mol. The lowest BCUT2D eigenvalue weighted by Crippen LogP contribution is -2.27. The van der Waals surface area contributed by atoms with Gasteiger partial charge in [-0.05, 0) is 42.5 Å². The molecule has 2 aromatic carbocycles. The predicted octanol–water partition coefficient (Wildman–Crippen LogP) is 2.95. The number of sulfonamides is 1. The summed E-state index contributed by atoms with van der Waals surface area (Å²) in [6.07, 6.45) is 3.04. The van der Waals surface area contributed by atoms with Crippen LogP contribution in [0.3, 0.4) is 0 Å². The van der Waals surface area contributed by atoms with Crippen LogP contribution in [0.2, 0.25) is 0 Å². The second-order valence-corrected chi connectivity index (χ2v) is 8.16. The number of benzene rings is 2. The molecule has 0 bridgehead atoms. The molecule has 0 radical (unpaired) electrons. The van der Waals surface area contributed by atoms with E-state index in [1.807, 2.05) is 42.5 Å². The lowest BCUT2D eigenvalue weighted by Gasteiger charge is -2.17. The number of anilines is 1. The molecule has 0 unspecified atom stereocenters. The molecule has 2 aromatic rings. The highest BCUT2D eigenvalue weighted by atomic mass is 32.2. The Balaban J connectivity index is 1.50. The van der Waals surface area contributed by atoms with Gasteiger partial charge in [0.1, 0.15) is 0 Å². The summed E-state index contributed by atoms with van der Waals surface area (Å²) >= 11 is 0. The van der Waals surface area contributed by atoms with E-state index in [1.54, 1.807) is 0 Å². The van der Waals surface area contributed by atoms with E-state index in [9.17, 15) is 8.42 Å². The third-order valence-electron chi connectivity index (χ3n) is 4.41. The molecule has 0 atom stereocenters. The van der Waals surface area contributed by atoms with Crippen molar-refractivity contribution in [1.29, 1.82) is 0 Å². The molecule has 1 fully saturated rings. The summed E-state index contributed by atoms with van der Waals surface area (Å²) < 4.78 is 27.0. The topological polar surface area (TPSA) is 49.4 Å². The minimum atomic E-state index is -3.26. The highest BCUT2D eigenvalue weighted by molar-refractivity contribution is 7.89. The zero-order chi connectivity index (χ0) is 16.8. The first-order valence-corrected chi connectivity index (χ1v) is 10.1. The number of hydrogen-bond donors (Lipinski definition) is 1. The Kier molecular flexibility index (Phi) is 5.53. The molecule has 0 spiro atoms. The van der Waals surface area contributed by atoms with Gasteiger partial charge in [-0.3, -0.25) is 0 Å². The standard InChI is InChI=1S/C19H24N2O2S/c22-24(23,15-12-17-6-2-1-3-7-17)20-16-18-8-10-19(11-9-18)21-13-4-5-14-21/h1-3,6-11,20H,4-5,12-16H2. The van der Waals surface area contributed by atoms with E-state index in [1.165, 1.54) is 18.5 Å². The number of nitrogens with one attached hydrogen (secondary N) is 1. The van der Waals surface area contributed by atoms with Crippen LogP contribution in [-0.4, -0.2) is 27.3 Å². The van der Waals surface area contributed by atoms with Gasteiger partial charge in [-0.2, -0.15) is 0 Å². The molecule has 128 valence electrons. The molecule has 0 saturated carbocycles. The molecule has 3 rings (SSSR count). The molecule has 24 heavy (non-hydrogen) atoms. The van der Waals surface area contributed by atoms with E-state index in [4.69, 9.17) is 0 Å². The normalized spacial score (nSPS) is 14.9. The van der Waals surface area contributed by atoms with Gasteiger partial charge in [0.2, 0.25) is 10.0 Å². The van der Waals surface area contributed by atoms with E-state index in [0.717, 1.165) is 24.2 Å². The third kappa shape index (κ3) is 4.82. The molecule has 5 heteroatoms. The monoisotopic (exact) mass is 344 g/mol. The highest BCUT2D eigenvalue weighted by Gasteiger charge is 2.13. The van der Waals surface area contributed by atoms with Crippen LogP contribution in [0.5, 0.6) is 0 Å². The van der Waals surface area contributed by atoms with Crippen molar-refractivity contribution in [3.05, 3.63) is 65.7 Å². The molecule has 1 aliphatic heterocycles. The summed E-state index contributed by atoms with van der Waals surface area (Å²) in [6, 6.07) is 17.9. The first kappa shape index (κ1) is 17.0. The largest absolute Gasteiger partial charge is 0.372 e. The SMILES string of the molecule is O=S(=O)(CCc1ccccc1)NCc1ccc(N2CCCC2)cc1. The van der Waals surface area contributed by atoms with Crippen molar-refractivity contribution in [2.75, 3.05) is 23.7 Å². The minimum absolute atomic E-state index is 0.114. The summed E-state index contributed by atoms with van der Waals surface area (Å²) in [5.74, 6) is 0.114. The fourth-order valence-corrected chi connectivity index (χ4v) is 4.00. The van der Waals surface area contributed by atoms with Gasteiger partial charge in [-0.25, -0.2) is 13.1 Å². The summed E-state index contributed by atoms with van der Waals surface area (Å²) in [7, 11) is -3.26. The van der Waals surface area contributed by atoms with Crippen molar-refractivity contribution in [2.45, 2.75) is 25.8 Å². The highest BCUT2D eigenvalue weighted by Crippen LogP contribution is 2.20. The van der Waals surface area contributed by atoms with E-state index in [2.05, 4.69) is 21.8 Å². The fraction of sp³-hybridized carbons (Fsp3) is 0.368. The van der Waals surface area contributed by atoms with Gasteiger partial charge in [0.15, 0.2) is 0 Å². The van der Waals surface area contributed by atoms with Crippen LogP contribution < -0.4 is 9.62 Å². The zero-order valence-corrected chi connectivity index (χ0v) is 14.6. The third-order valence-corrected chi connectivity index (χ3v) is 5.73. The molecule has 0 aromatic heterocycles. The second-order valence-electron chi connectivity index (χ2n) is 6.24. The van der Waals surface area contributed by atoms with E-state index < -0.39 is 10.0 Å². The Morgan fingerprint density at radius 1 is 0.875 bits per heavy atom. The number of hydrogen-bond acceptors (Lipinski definition) is 3. The number of aryl methyl sites for hydroxylation is 1. The van der Waals surface area contributed by atoms with Gasteiger partial charge < -0.3 is 4.90 Å². The smallest absolute Gasteiger partial charge is 0.212 e. The summed E-state index contributed by atoms with van der Waals surface area (Å²) in [5, 5.41) is 0. The van der Waals surface area contributed by atoms with Gasteiger partial charge in [0.05, 0.1) is 5.75 Å². The molecule has 1 N–H and O–H groups in total. The fourth-order valence-electron chi connectivity index (χ4n) is 2.96. The van der Waals surface area contributed by atoms with E-state index >= 15 is 0 Å². The second kappa shape index (κ2) is 7.81. The van der Waals surface area contributed by atoms with Crippen LogP contribution in [-0.2, 0) is 23.0 Å². The van der Waals surface area contributed by atoms with Crippen molar-refractivity contribution in [2.24, 2.45) is 0 Å². The van der Waals surface area contributed by atoms with Gasteiger partial charge >= 0.3 is 0 Å². The van der Waals surface area contributed by atoms with Gasteiger partial charge in [-0.15, -0.1) is 0 Å². The Hall–Kier alpha value is -1.85. The van der Waals surface area contributed by atoms with Gasteiger partial charge in [0.25, 0.3) is 0 Å². The lowest BCUT2D eigenvalue weighted by molar-refractivity contribution is 0.580. The van der Waals surface area contributed by atoms with Crippen molar-refractivity contribution >= 4 is 15.7 Å². The number of rotatable bonds is 7. The Morgan fingerprint density at radius 3 is 2.21 bits per heavy atom. The van der Waals surface area contributed by atoms with Crippen LogP contribution >= 0.6 is 0 Å². The maximum absolute atomic E-state index is 12.1. The lowest BCUT2D eigenvalue weighted by atomic mass is 10.2. The first-order chi connectivity index (χ1) is 11.6. The summed E-state index contributed by atoms with van der Waals surface area (Å²) in [5.41, 5.74) is 3.25. The van der Waals surface area contributed by atoms with Crippen molar-refractivity contribution in [3.63, 3.8) is 0 Å². The van der Waals surface area contributed by atoms with Crippen molar-refractivity contribution in [1.82, 2.24) is 4.72 Å². The van der Waals surface area contributed by atoms with Crippen LogP contribution in [0, 0.1) is 0 Å². The quantitative estimate of drug-likeness (QED) is 0.840. The van der Waals surface area contributed by atoms with Crippen molar-refractivity contribution < 1.29 is 8.42 Å². The Morgan fingerprint density at radius 2 is 1.54 bits per heavy atom. The first-order valence-electron chi connectivity index (χ1n) is 8.47. The molecule has 1 heterocycles. The summed E-state index contributed by atoms with van der Waals surface area (Å²) in [6.45, 7) is 2.58. The molecule has 1 saturated heterocycles. The maximum Gasteiger partial charge on any atom is 0.212 e. The van der Waals surface area contributed by atoms with Crippen LogP contribution in [0.4, 0.5) is 5.69 Å². The van der Waals surface area contributed by atoms with Crippen LogP contribution in [0.25, 0.3) is 0 Å². The van der Waals surface area contributed by atoms with Gasteiger partial charge in [0, 0.05) is 25.3 Å². The molecule has 0 aliphatic carbocycles. The number of nitrogens with zero attached hydrogens (tertiary/aromatic N) is 1. The summed E-state index contributed by atoms with van der Waals surface area (Å²) in [4.78, 5) is 2.37. The van der Waals surface area contributed by atoms with E-state index in [0.29, 0.717) is 13.0 Å². The Bertz CT molecular complexity index is 737. The minimum Gasteiger partial charge on any atom is -0.372 e. The Labute approximate surface area is 144 Å².